The Morgan fingerprint density at radius 2 is 1.77 bits per heavy atom. The minimum atomic E-state index is -1.57. The lowest BCUT2D eigenvalue weighted by Gasteiger charge is -2.26. The molecular formula is C15H22N2O5. The van der Waals surface area contributed by atoms with Crippen molar-refractivity contribution in [1.82, 2.24) is 5.32 Å². The van der Waals surface area contributed by atoms with Crippen LogP contribution < -0.4 is 11.1 Å². The number of carbonyl (C=O) groups is 2. The van der Waals surface area contributed by atoms with E-state index in [1.807, 2.05) is 0 Å². The van der Waals surface area contributed by atoms with Crippen molar-refractivity contribution < 1.29 is 24.2 Å². The second-order valence-electron chi connectivity index (χ2n) is 5.76. The lowest BCUT2D eigenvalue weighted by Crippen LogP contribution is -2.43. The van der Waals surface area contributed by atoms with Gasteiger partial charge < -0.3 is 25.6 Å². The Kier molecular flexibility index (Phi) is 5.76. The summed E-state index contributed by atoms with van der Waals surface area (Å²) >= 11 is 0. The van der Waals surface area contributed by atoms with Crippen molar-refractivity contribution >= 4 is 17.7 Å². The highest BCUT2D eigenvalue weighted by Gasteiger charge is 2.31. The number of nitrogens with one attached hydrogen (secondary N) is 1. The average Bonchev–Trinajstić information content (AvgIpc) is 2.42. The molecule has 0 saturated heterocycles. The van der Waals surface area contributed by atoms with E-state index in [-0.39, 0.29) is 0 Å². The highest BCUT2D eigenvalue weighted by Crippen LogP contribution is 2.20. The van der Waals surface area contributed by atoms with Gasteiger partial charge in [0.2, 0.25) is 0 Å². The quantitative estimate of drug-likeness (QED) is 0.572. The second kappa shape index (κ2) is 7.13. The van der Waals surface area contributed by atoms with Gasteiger partial charge in [-0.25, -0.2) is 9.59 Å². The molecule has 0 radical (unpaired) electrons. The summed E-state index contributed by atoms with van der Waals surface area (Å²) in [6.07, 6.45) is -2.32. The van der Waals surface area contributed by atoms with Gasteiger partial charge in [-0.1, -0.05) is 12.1 Å². The van der Waals surface area contributed by atoms with Crippen LogP contribution in [0.4, 0.5) is 10.5 Å². The lowest BCUT2D eigenvalue weighted by molar-refractivity contribution is -0.152. The second-order valence-corrected chi connectivity index (χ2v) is 5.76. The van der Waals surface area contributed by atoms with Crippen LogP contribution in [-0.4, -0.2) is 36.0 Å². The summed E-state index contributed by atoms with van der Waals surface area (Å²) in [4.78, 5) is 23.5. The number of alkyl carbamates (subject to hydrolysis) is 1. The molecule has 7 nitrogen and oxygen atoms in total. The predicted octanol–water partition coefficient (Wildman–Crippen LogP) is 1.37. The number of aliphatic hydroxyl groups excluding tert-OH is 1. The monoisotopic (exact) mass is 310 g/mol. The number of benzene rings is 1. The highest BCUT2D eigenvalue weighted by atomic mass is 16.6. The summed E-state index contributed by atoms with van der Waals surface area (Å²) in [6.45, 7) is 5.13. The molecule has 0 spiro atoms. The van der Waals surface area contributed by atoms with Crippen molar-refractivity contribution in [1.29, 1.82) is 0 Å². The Balaban J connectivity index is 2.99. The highest BCUT2D eigenvalue weighted by molar-refractivity contribution is 5.77. The molecule has 1 amide bonds. The Hall–Kier alpha value is -2.28. The third kappa shape index (κ3) is 5.25. The maximum Gasteiger partial charge on any atom is 0.408 e. The first kappa shape index (κ1) is 17.8. The van der Waals surface area contributed by atoms with Gasteiger partial charge in [0.25, 0.3) is 0 Å². The summed E-state index contributed by atoms with van der Waals surface area (Å²) < 4.78 is 9.65. The first-order chi connectivity index (χ1) is 10.1. The first-order valence-corrected chi connectivity index (χ1v) is 6.75. The molecule has 1 aromatic rings. The summed E-state index contributed by atoms with van der Waals surface area (Å²) in [6, 6.07) is 5.39. The van der Waals surface area contributed by atoms with Crippen LogP contribution in [0.25, 0.3) is 0 Å². The zero-order valence-corrected chi connectivity index (χ0v) is 13.1. The molecule has 1 aromatic carbocycles. The Morgan fingerprint density at radius 3 is 2.23 bits per heavy atom. The summed E-state index contributed by atoms with van der Waals surface area (Å²) in [5.74, 6) is -0.863. The fourth-order valence-electron chi connectivity index (χ4n) is 1.74. The van der Waals surface area contributed by atoms with Crippen LogP contribution >= 0.6 is 0 Å². The van der Waals surface area contributed by atoms with Gasteiger partial charge in [-0.05, 0) is 38.5 Å². The number of ether oxygens (including phenoxy) is 2. The molecule has 0 aliphatic heterocycles. The molecule has 1 rings (SSSR count). The third-order valence-electron chi connectivity index (χ3n) is 2.73. The molecule has 122 valence electrons. The number of nitrogen functional groups attached to an aromatic ring is 1. The number of rotatable bonds is 4. The van der Waals surface area contributed by atoms with Crippen molar-refractivity contribution in [2.75, 3.05) is 12.8 Å². The van der Waals surface area contributed by atoms with Crippen LogP contribution in [0.2, 0.25) is 0 Å². The minimum absolute atomic E-state index is 0.498. The Morgan fingerprint density at radius 1 is 1.23 bits per heavy atom. The SMILES string of the molecule is COC(=O)[C@H](O)[C@@H](NC(=O)OC(C)(C)C)c1ccc(N)cc1. The lowest BCUT2D eigenvalue weighted by atomic mass is 10.0. The number of hydrogen-bond acceptors (Lipinski definition) is 6. The summed E-state index contributed by atoms with van der Waals surface area (Å²) in [5, 5.41) is 12.5. The van der Waals surface area contributed by atoms with Crippen molar-refractivity contribution in [3.05, 3.63) is 29.8 Å². The molecule has 7 heteroatoms. The smallest absolute Gasteiger partial charge is 0.408 e. The molecule has 4 N–H and O–H groups in total. The van der Waals surface area contributed by atoms with E-state index in [0.29, 0.717) is 11.3 Å². The molecule has 0 heterocycles. The number of esters is 1. The van der Waals surface area contributed by atoms with Gasteiger partial charge in [0.05, 0.1) is 13.2 Å². The maximum atomic E-state index is 11.9. The van der Waals surface area contributed by atoms with Crippen LogP contribution in [0, 0.1) is 0 Å². The zero-order chi connectivity index (χ0) is 16.9. The average molecular weight is 310 g/mol. The van der Waals surface area contributed by atoms with Gasteiger partial charge in [-0.2, -0.15) is 0 Å². The fraction of sp³-hybridized carbons (Fsp3) is 0.467. The van der Waals surface area contributed by atoms with Crippen molar-refractivity contribution in [3.8, 4) is 0 Å². The van der Waals surface area contributed by atoms with E-state index >= 15 is 0 Å². The molecule has 0 fully saturated rings. The van der Waals surface area contributed by atoms with E-state index in [2.05, 4.69) is 10.1 Å². The van der Waals surface area contributed by atoms with Gasteiger partial charge in [0, 0.05) is 5.69 Å². The molecule has 0 saturated carbocycles. The number of amides is 1. The van der Waals surface area contributed by atoms with Crippen LogP contribution in [0.15, 0.2) is 24.3 Å². The van der Waals surface area contributed by atoms with E-state index in [1.165, 1.54) is 0 Å². The molecule has 2 atom stereocenters. The number of anilines is 1. The number of methoxy groups -OCH3 is 1. The third-order valence-corrected chi connectivity index (χ3v) is 2.73. The van der Waals surface area contributed by atoms with E-state index in [9.17, 15) is 14.7 Å². The number of aliphatic hydroxyl groups is 1. The molecular weight excluding hydrogens is 288 g/mol. The minimum Gasteiger partial charge on any atom is -0.467 e. The van der Waals surface area contributed by atoms with Gasteiger partial charge in [0.1, 0.15) is 5.60 Å². The van der Waals surface area contributed by atoms with E-state index in [4.69, 9.17) is 10.5 Å². The topological polar surface area (TPSA) is 111 Å². The normalized spacial score (nSPS) is 13.9. The van der Waals surface area contributed by atoms with Crippen LogP contribution in [0.3, 0.4) is 0 Å². The molecule has 0 unspecified atom stereocenters. The molecule has 0 aliphatic rings. The summed E-state index contributed by atoms with van der Waals surface area (Å²) in [7, 11) is 1.15. The van der Waals surface area contributed by atoms with E-state index in [1.54, 1.807) is 45.0 Å². The van der Waals surface area contributed by atoms with Crippen molar-refractivity contribution in [3.63, 3.8) is 0 Å². The van der Waals surface area contributed by atoms with Gasteiger partial charge in [0.15, 0.2) is 6.10 Å². The molecule has 0 aliphatic carbocycles. The number of carbonyl (C=O) groups excluding carboxylic acids is 2. The zero-order valence-electron chi connectivity index (χ0n) is 13.1. The van der Waals surface area contributed by atoms with Crippen LogP contribution in [0.5, 0.6) is 0 Å². The van der Waals surface area contributed by atoms with Crippen molar-refractivity contribution in [2.24, 2.45) is 0 Å². The predicted molar refractivity (Wildman–Crippen MR) is 81.0 cm³/mol. The Labute approximate surface area is 129 Å². The molecule has 0 bridgehead atoms. The van der Waals surface area contributed by atoms with Gasteiger partial charge in [-0.15, -0.1) is 0 Å². The molecule has 0 aromatic heterocycles. The van der Waals surface area contributed by atoms with Gasteiger partial charge >= 0.3 is 12.1 Å². The maximum absolute atomic E-state index is 11.9. The first-order valence-electron chi connectivity index (χ1n) is 6.75. The van der Waals surface area contributed by atoms with Crippen molar-refractivity contribution in [2.45, 2.75) is 38.5 Å². The fourth-order valence-corrected chi connectivity index (χ4v) is 1.74. The number of nitrogens with two attached hydrogens (primary N) is 1. The Bertz CT molecular complexity index is 522. The van der Waals surface area contributed by atoms with E-state index in [0.717, 1.165) is 7.11 Å². The molecule has 22 heavy (non-hydrogen) atoms. The summed E-state index contributed by atoms with van der Waals surface area (Å²) in [5.41, 5.74) is 5.92. The standard InChI is InChI=1S/C15H22N2O5/c1-15(2,3)22-14(20)17-11(12(18)13(19)21-4)9-5-7-10(16)8-6-9/h5-8,11-12,18H,16H2,1-4H3,(H,17,20)/t11-,12+/m0/s1. The van der Waals surface area contributed by atoms with Gasteiger partial charge in [-0.3, -0.25) is 0 Å². The number of hydrogen-bond donors (Lipinski definition) is 3. The largest absolute Gasteiger partial charge is 0.467 e. The van der Waals surface area contributed by atoms with Crippen LogP contribution in [-0.2, 0) is 14.3 Å². The van der Waals surface area contributed by atoms with Crippen LogP contribution in [0.1, 0.15) is 32.4 Å². The van der Waals surface area contributed by atoms with E-state index < -0.39 is 29.8 Å².